The van der Waals surface area contributed by atoms with Crippen LogP contribution in [-0.2, 0) is 6.54 Å². The van der Waals surface area contributed by atoms with Crippen LogP contribution < -0.4 is 15.4 Å². The molecule has 0 bridgehead atoms. The SMILES string of the molecule is COc1ccc(CNC(=O)c2ccnc(Nc3ccc(C)cc3C)c2)cc1. The van der Waals surface area contributed by atoms with Crippen LogP contribution in [0.1, 0.15) is 27.0 Å². The molecule has 2 aromatic carbocycles. The number of carbonyl (C=O) groups is 1. The molecule has 1 amide bonds. The molecule has 27 heavy (non-hydrogen) atoms. The van der Waals surface area contributed by atoms with Crippen molar-refractivity contribution in [1.82, 2.24) is 10.3 Å². The van der Waals surface area contributed by atoms with E-state index in [1.807, 2.05) is 43.3 Å². The molecule has 3 aromatic rings. The van der Waals surface area contributed by atoms with Gasteiger partial charge in [-0.15, -0.1) is 0 Å². The summed E-state index contributed by atoms with van der Waals surface area (Å²) in [6.07, 6.45) is 1.63. The van der Waals surface area contributed by atoms with Gasteiger partial charge in [0.25, 0.3) is 5.91 Å². The van der Waals surface area contributed by atoms with Gasteiger partial charge in [0.15, 0.2) is 0 Å². The summed E-state index contributed by atoms with van der Waals surface area (Å²) in [5.41, 5.74) is 4.88. The van der Waals surface area contributed by atoms with Crippen molar-refractivity contribution in [3.8, 4) is 5.75 Å². The van der Waals surface area contributed by atoms with Crippen LogP contribution in [0, 0.1) is 13.8 Å². The molecule has 5 heteroatoms. The molecule has 1 aromatic heterocycles. The van der Waals surface area contributed by atoms with Crippen LogP contribution in [-0.4, -0.2) is 18.0 Å². The fourth-order valence-corrected chi connectivity index (χ4v) is 2.76. The number of aryl methyl sites for hydroxylation is 2. The fourth-order valence-electron chi connectivity index (χ4n) is 2.76. The lowest BCUT2D eigenvalue weighted by molar-refractivity contribution is 0.0951. The topological polar surface area (TPSA) is 63.2 Å². The van der Waals surface area contributed by atoms with Crippen LogP contribution in [0.4, 0.5) is 11.5 Å². The van der Waals surface area contributed by atoms with E-state index in [4.69, 9.17) is 4.74 Å². The molecule has 0 aliphatic carbocycles. The van der Waals surface area contributed by atoms with E-state index in [2.05, 4.69) is 28.6 Å². The Bertz CT molecular complexity index is 937. The maximum atomic E-state index is 12.5. The summed E-state index contributed by atoms with van der Waals surface area (Å²) in [4.78, 5) is 16.8. The highest BCUT2D eigenvalue weighted by Crippen LogP contribution is 2.20. The number of amides is 1. The van der Waals surface area contributed by atoms with Crippen LogP contribution in [0.15, 0.2) is 60.8 Å². The van der Waals surface area contributed by atoms with Gasteiger partial charge in [0, 0.05) is 24.0 Å². The number of hydrogen-bond acceptors (Lipinski definition) is 4. The van der Waals surface area contributed by atoms with Crippen molar-refractivity contribution in [2.24, 2.45) is 0 Å². The molecule has 0 atom stereocenters. The van der Waals surface area contributed by atoms with E-state index in [0.29, 0.717) is 17.9 Å². The second-order valence-electron chi connectivity index (χ2n) is 6.40. The summed E-state index contributed by atoms with van der Waals surface area (Å²) in [6.45, 7) is 4.55. The van der Waals surface area contributed by atoms with Crippen LogP contribution in [0.5, 0.6) is 5.75 Å². The Hall–Kier alpha value is -3.34. The third kappa shape index (κ3) is 4.85. The number of hydrogen-bond donors (Lipinski definition) is 2. The Labute approximate surface area is 159 Å². The van der Waals surface area contributed by atoms with Gasteiger partial charge in [-0.2, -0.15) is 0 Å². The van der Waals surface area contributed by atoms with Crippen molar-refractivity contribution in [3.63, 3.8) is 0 Å². The van der Waals surface area contributed by atoms with Crippen molar-refractivity contribution < 1.29 is 9.53 Å². The molecule has 0 saturated carbocycles. The maximum absolute atomic E-state index is 12.5. The maximum Gasteiger partial charge on any atom is 0.251 e. The minimum atomic E-state index is -0.142. The number of carbonyl (C=O) groups excluding carboxylic acids is 1. The number of nitrogens with one attached hydrogen (secondary N) is 2. The Morgan fingerprint density at radius 2 is 1.81 bits per heavy atom. The summed E-state index contributed by atoms with van der Waals surface area (Å²) in [5.74, 6) is 1.29. The Morgan fingerprint density at radius 1 is 1.04 bits per heavy atom. The van der Waals surface area contributed by atoms with E-state index in [1.165, 1.54) is 5.56 Å². The highest BCUT2D eigenvalue weighted by molar-refractivity contribution is 5.94. The highest BCUT2D eigenvalue weighted by Gasteiger charge is 2.08. The van der Waals surface area contributed by atoms with Gasteiger partial charge < -0.3 is 15.4 Å². The van der Waals surface area contributed by atoms with E-state index in [1.54, 1.807) is 25.4 Å². The van der Waals surface area contributed by atoms with Crippen LogP contribution in [0.2, 0.25) is 0 Å². The number of aromatic nitrogens is 1. The number of ether oxygens (including phenoxy) is 1. The molecule has 2 N–H and O–H groups in total. The lowest BCUT2D eigenvalue weighted by Gasteiger charge is -2.11. The molecule has 0 fully saturated rings. The number of anilines is 2. The minimum absolute atomic E-state index is 0.142. The number of rotatable bonds is 6. The van der Waals surface area contributed by atoms with Gasteiger partial charge in [-0.3, -0.25) is 4.79 Å². The molecule has 0 aliphatic heterocycles. The van der Waals surface area contributed by atoms with Crippen molar-refractivity contribution in [3.05, 3.63) is 83.0 Å². The zero-order chi connectivity index (χ0) is 19.2. The Morgan fingerprint density at radius 3 is 2.52 bits per heavy atom. The summed E-state index contributed by atoms with van der Waals surface area (Å²) < 4.78 is 5.14. The molecule has 0 unspecified atom stereocenters. The van der Waals surface area contributed by atoms with E-state index in [-0.39, 0.29) is 5.91 Å². The third-order valence-corrected chi connectivity index (χ3v) is 4.28. The summed E-state index contributed by atoms with van der Waals surface area (Å²) >= 11 is 0. The predicted molar refractivity (Wildman–Crippen MR) is 108 cm³/mol. The van der Waals surface area contributed by atoms with Crippen molar-refractivity contribution in [2.45, 2.75) is 20.4 Å². The van der Waals surface area contributed by atoms with Crippen LogP contribution in [0.3, 0.4) is 0 Å². The van der Waals surface area contributed by atoms with Crippen molar-refractivity contribution >= 4 is 17.4 Å². The Kier molecular flexibility index (Phi) is 5.71. The molecule has 0 saturated heterocycles. The molecule has 1 heterocycles. The molecule has 5 nitrogen and oxygen atoms in total. The zero-order valence-corrected chi connectivity index (χ0v) is 15.7. The van der Waals surface area contributed by atoms with Gasteiger partial charge in [0.1, 0.15) is 11.6 Å². The van der Waals surface area contributed by atoms with Gasteiger partial charge in [-0.1, -0.05) is 29.8 Å². The quantitative estimate of drug-likeness (QED) is 0.684. The van der Waals surface area contributed by atoms with Gasteiger partial charge in [-0.05, 0) is 55.3 Å². The highest BCUT2D eigenvalue weighted by atomic mass is 16.5. The summed E-state index contributed by atoms with van der Waals surface area (Å²) in [5, 5.41) is 6.20. The predicted octanol–water partition coefficient (Wildman–Crippen LogP) is 4.38. The molecule has 0 spiro atoms. The van der Waals surface area contributed by atoms with Crippen molar-refractivity contribution in [2.75, 3.05) is 12.4 Å². The summed E-state index contributed by atoms with van der Waals surface area (Å²) in [6, 6.07) is 17.2. The normalized spacial score (nSPS) is 10.3. The first-order chi connectivity index (χ1) is 13.0. The molecular weight excluding hydrogens is 338 g/mol. The van der Waals surface area contributed by atoms with Gasteiger partial charge >= 0.3 is 0 Å². The van der Waals surface area contributed by atoms with Gasteiger partial charge in [0.2, 0.25) is 0 Å². The number of benzene rings is 2. The van der Waals surface area contributed by atoms with Gasteiger partial charge in [-0.25, -0.2) is 4.98 Å². The monoisotopic (exact) mass is 361 g/mol. The lowest BCUT2D eigenvalue weighted by atomic mass is 10.1. The number of methoxy groups -OCH3 is 1. The van der Waals surface area contributed by atoms with E-state index in [9.17, 15) is 4.79 Å². The van der Waals surface area contributed by atoms with Gasteiger partial charge in [0.05, 0.1) is 7.11 Å². The van der Waals surface area contributed by atoms with E-state index in [0.717, 1.165) is 22.6 Å². The number of pyridine rings is 1. The van der Waals surface area contributed by atoms with Crippen LogP contribution in [0.25, 0.3) is 0 Å². The molecular formula is C22H23N3O2. The van der Waals surface area contributed by atoms with Crippen LogP contribution >= 0.6 is 0 Å². The average Bonchev–Trinajstić information content (AvgIpc) is 2.69. The molecule has 0 aliphatic rings. The molecule has 3 rings (SSSR count). The summed E-state index contributed by atoms with van der Waals surface area (Å²) in [7, 11) is 1.63. The van der Waals surface area contributed by atoms with E-state index < -0.39 is 0 Å². The van der Waals surface area contributed by atoms with E-state index >= 15 is 0 Å². The first kappa shape index (κ1) is 18.5. The minimum Gasteiger partial charge on any atom is -0.497 e. The first-order valence-corrected chi connectivity index (χ1v) is 8.76. The standard InChI is InChI=1S/C22H23N3O2/c1-15-4-9-20(16(2)12-15)25-21-13-18(10-11-23-21)22(26)24-14-17-5-7-19(27-3)8-6-17/h4-13H,14H2,1-3H3,(H,23,25)(H,24,26). The largest absolute Gasteiger partial charge is 0.497 e. The first-order valence-electron chi connectivity index (χ1n) is 8.76. The zero-order valence-electron chi connectivity index (χ0n) is 15.7. The fraction of sp³-hybridized carbons (Fsp3) is 0.182. The third-order valence-electron chi connectivity index (χ3n) is 4.28. The van der Waals surface area contributed by atoms with Crippen molar-refractivity contribution in [1.29, 1.82) is 0 Å². The second kappa shape index (κ2) is 8.36. The molecule has 138 valence electrons. The average molecular weight is 361 g/mol. The second-order valence-corrected chi connectivity index (χ2v) is 6.40. The smallest absolute Gasteiger partial charge is 0.251 e. The lowest BCUT2D eigenvalue weighted by Crippen LogP contribution is -2.22. The molecule has 0 radical (unpaired) electrons. The number of nitrogens with zero attached hydrogens (tertiary/aromatic N) is 1. The Balaban J connectivity index is 1.65.